The second kappa shape index (κ2) is 9.74. The second-order valence-electron chi connectivity index (χ2n) is 8.46. The third-order valence-corrected chi connectivity index (χ3v) is 6.55. The molecule has 0 radical (unpaired) electrons. The van der Waals surface area contributed by atoms with Crippen LogP contribution in [0.5, 0.6) is 5.75 Å². The Morgan fingerprint density at radius 3 is 2.38 bits per heavy atom. The molecular weight excluding hydrogens is 426 g/mol. The van der Waals surface area contributed by atoms with Gasteiger partial charge in [-0.25, -0.2) is 5.01 Å². The quantitative estimate of drug-likeness (QED) is 0.638. The van der Waals surface area contributed by atoms with Gasteiger partial charge in [-0.15, -0.1) is 0 Å². The topological polar surface area (TPSA) is 62.2 Å². The summed E-state index contributed by atoms with van der Waals surface area (Å²) in [5, 5.41) is 6.86. The van der Waals surface area contributed by atoms with Crippen LogP contribution in [0, 0.1) is 5.92 Å². The lowest BCUT2D eigenvalue weighted by molar-refractivity contribution is -0.142. The highest BCUT2D eigenvalue weighted by molar-refractivity contribution is 6.30. The molecule has 1 unspecified atom stereocenters. The first-order valence-electron chi connectivity index (χ1n) is 11.0. The smallest absolute Gasteiger partial charge is 0.262 e. The minimum atomic E-state index is -0.244. The van der Waals surface area contributed by atoms with Crippen molar-refractivity contribution in [3.8, 4) is 5.75 Å². The molecule has 2 aromatic rings. The molecule has 1 heterocycles. The molecular formula is C25H28ClN3O3. The highest BCUT2D eigenvalue weighted by Gasteiger charge is 2.35. The summed E-state index contributed by atoms with van der Waals surface area (Å²) in [5.74, 6) is 0.665. The van der Waals surface area contributed by atoms with Gasteiger partial charge in [-0.2, -0.15) is 5.10 Å². The zero-order valence-electron chi connectivity index (χ0n) is 18.5. The Morgan fingerprint density at radius 2 is 1.75 bits per heavy atom. The Bertz CT molecular complexity index is 998. The molecule has 0 aromatic heterocycles. The standard InChI is InChI=1S/C25H28ClN3O3/c1-28(25(31)19-5-3-4-6-19)16-24(30)29-23(18-7-11-20(26)12-8-18)15-22(27-29)17-9-13-21(32-2)14-10-17/h7-14,19,23H,3-6,15-16H2,1-2H3. The van der Waals surface area contributed by atoms with Crippen LogP contribution in [-0.2, 0) is 9.59 Å². The van der Waals surface area contributed by atoms with E-state index < -0.39 is 0 Å². The van der Waals surface area contributed by atoms with Crippen molar-refractivity contribution in [2.45, 2.75) is 38.1 Å². The van der Waals surface area contributed by atoms with Crippen molar-refractivity contribution in [2.75, 3.05) is 20.7 Å². The molecule has 0 bridgehead atoms. The Kier molecular flexibility index (Phi) is 6.80. The van der Waals surface area contributed by atoms with Crippen molar-refractivity contribution < 1.29 is 14.3 Å². The summed E-state index contributed by atoms with van der Waals surface area (Å²) < 4.78 is 5.25. The van der Waals surface area contributed by atoms with Crippen molar-refractivity contribution in [3.05, 3.63) is 64.7 Å². The van der Waals surface area contributed by atoms with Crippen LogP contribution < -0.4 is 4.74 Å². The number of rotatable bonds is 6. The Balaban J connectivity index is 1.56. The number of carbonyl (C=O) groups is 2. The normalized spacial score (nSPS) is 18.5. The summed E-state index contributed by atoms with van der Waals surface area (Å²) in [7, 11) is 3.34. The van der Waals surface area contributed by atoms with E-state index >= 15 is 0 Å². The van der Waals surface area contributed by atoms with Crippen molar-refractivity contribution in [1.82, 2.24) is 9.91 Å². The van der Waals surface area contributed by atoms with Crippen LogP contribution in [0.2, 0.25) is 5.02 Å². The number of ether oxygens (including phenoxy) is 1. The monoisotopic (exact) mass is 453 g/mol. The van der Waals surface area contributed by atoms with Crippen LogP contribution in [0.4, 0.5) is 0 Å². The molecule has 1 fully saturated rings. The van der Waals surface area contributed by atoms with Crippen molar-refractivity contribution in [3.63, 3.8) is 0 Å². The Labute approximate surface area is 193 Å². The molecule has 0 N–H and O–H groups in total. The van der Waals surface area contributed by atoms with Crippen molar-refractivity contribution in [1.29, 1.82) is 0 Å². The number of benzene rings is 2. The highest BCUT2D eigenvalue weighted by Crippen LogP contribution is 2.34. The third-order valence-electron chi connectivity index (χ3n) is 6.30. The molecule has 1 saturated carbocycles. The van der Waals surface area contributed by atoms with E-state index in [-0.39, 0.29) is 30.3 Å². The summed E-state index contributed by atoms with van der Waals surface area (Å²) in [6, 6.07) is 14.9. The van der Waals surface area contributed by atoms with Gasteiger partial charge in [-0.05, 0) is 60.4 Å². The van der Waals surface area contributed by atoms with Gasteiger partial charge in [0.2, 0.25) is 5.91 Å². The fraction of sp³-hybridized carbons (Fsp3) is 0.400. The van der Waals surface area contributed by atoms with E-state index in [4.69, 9.17) is 21.4 Å². The zero-order valence-corrected chi connectivity index (χ0v) is 19.2. The molecule has 0 saturated heterocycles. The van der Waals surface area contributed by atoms with Gasteiger partial charge in [0.25, 0.3) is 5.91 Å². The average Bonchev–Trinajstić information content (AvgIpc) is 3.50. The summed E-state index contributed by atoms with van der Waals surface area (Å²) in [6.07, 6.45) is 4.57. The van der Waals surface area contributed by atoms with E-state index in [1.165, 1.54) is 5.01 Å². The predicted molar refractivity (Wildman–Crippen MR) is 125 cm³/mol. The van der Waals surface area contributed by atoms with Gasteiger partial charge in [0.15, 0.2) is 0 Å². The fourth-order valence-electron chi connectivity index (χ4n) is 4.48. The molecule has 2 aromatic carbocycles. The lowest BCUT2D eigenvalue weighted by Crippen LogP contribution is -2.41. The van der Waals surface area contributed by atoms with Gasteiger partial charge in [0.1, 0.15) is 12.3 Å². The maximum Gasteiger partial charge on any atom is 0.262 e. The molecule has 0 spiro atoms. The van der Waals surface area contributed by atoms with Gasteiger partial charge in [0, 0.05) is 24.4 Å². The molecule has 2 aliphatic rings. The first-order valence-corrected chi connectivity index (χ1v) is 11.4. The molecule has 1 aliphatic heterocycles. The summed E-state index contributed by atoms with van der Waals surface area (Å²) >= 11 is 6.07. The number of halogens is 1. The first-order chi connectivity index (χ1) is 15.5. The summed E-state index contributed by atoms with van der Waals surface area (Å²) in [5.41, 5.74) is 2.72. The molecule has 1 aliphatic carbocycles. The molecule has 4 rings (SSSR count). The average molecular weight is 454 g/mol. The van der Waals surface area contributed by atoms with Crippen LogP contribution >= 0.6 is 11.6 Å². The lowest BCUT2D eigenvalue weighted by atomic mass is 9.98. The van der Waals surface area contributed by atoms with Gasteiger partial charge in [0.05, 0.1) is 18.9 Å². The van der Waals surface area contributed by atoms with Crippen LogP contribution in [-0.4, -0.2) is 48.1 Å². The molecule has 168 valence electrons. The van der Waals surface area contributed by atoms with E-state index in [0.29, 0.717) is 11.4 Å². The predicted octanol–water partition coefficient (Wildman–Crippen LogP) is 4.67. The number of methoxy groups -OCH3 is 1. The number of hydrogen-bond acceptors (Lipinski definition) is 4. The van der Waals surface area contributed by atoms with Gasteiger partial charge in [-0.3, -0.25) is 9.59 Å². The van der Waals surface area contributed by atoms with Crippen molar-refractivity contribution in [2.24, 2.45) is 11.0 Å². The maximum atomic E-state index is 13.3. The SMILES string of the molecule is COc1ccc(C2=NN(C(=O)CN(C)C(=O)C3CCCC3)C(c3ccc(Cl)cc3)C2)cc1. The summed E-state index contributed by atoms with van der Waals surface area (Å²) in [6.45, 7) is 0.0127. The Morgan fingerprint density at radius 1 is 1.09 bits per heavy atom. The maximum absolute atomic E-state index is 13.3. The van der Waals surface area contributed by atoms with E-state index in [9.17, 15) is 9.59 Å². The molecule has 7 heteroatoms. The number of likely N-dealkylation sites (N-methyl/N-ethyl adjacent to an activating group) is 1. The van der Waals surface area contributed by atoms with Crippen LogP contribution in [0.1, 0.15) is 49.3 Å². The van der Waals surface area contributed by atoms with E-state index in [1.54, 1.807) is 19.1 Å². The number of hydrogen-bond donors (Lipinski definition) is 0. The minimum absolute atomic E-state index is 0.0127. The van der Waals surface area contributed by atoms with Crippen LogP contribution in [0.3, 0.4) is 0 Å². The number of amides is 2. The molecule has 2 amide bonds. The third kappa shape index (κ3) is 4.80. The number of carbonyl (C=O) groups excluding carboxylic acids is 2. The Hall–Kier alpha value is -2.86. The molecule has 6 nitrogen and oxygen atoms in total. The fourth-order valence-corrected chi connectivity index (χ4v) is 4.61. The molecule has 32 heavy (non-hydrogen) atoms. The first kappa shape index (κ1) is 22.3. The van der Waals surface area contributed by atoms with Gasteiger partial charge >= 0.3 is 0 Å². The highest BCUT2D eigenvalue weighted by atomic mass is 35.5. The van der Waals surface area contributed by atoms with Crippen LogP contribution in [0.25, 0.3) is 0 Å². The largest absolute Gasteiger partial charge is 0.497 e. The van der Waals surface area contributed by atoms with Gasteiger partial charge in [-0.1, -0.05) is 36.6 Å². The zero-order chi connectivity index (χ0) is 22.7. The second-order valence-corrected chi connectivity index (χ2v) is 8.90. The van der Waals surface area contributed by atoms with E-state index in [1.807, 2.05) is 48.5 Å². The van der Waals surface area contributed by atoms with E-state index in [0.717, 1.165) is 48.3 Å². The number of nitrogens with zero attached hydrogens (tertiary/aromatic N) is 3. The van der Waals surface area contributed by atoms with Crippen molar-refractivity contribution >= 4 is 29.1 Å². The van der Waals surface area contributed by atoms with Crippen LogP contribution in [0.15, 0.2) is 53.6 Å². The minimum Gasteiger partial charge on any atom is -0.497 e. The number of hydrazone groups is 1. The molecule has 1 atom stereocenters. The summed E-state index contributed by atoms with van der Waals surface area (Å²) in [4.78, 5) is 27.6. The lowest BCUT2D eigenvalue weighted by Gasteiger charge is -2.26. The van der Waals surface area contributed by atoms with E-state index in [2.05, 4.69) is 0 Å². The van der Waals surface area contributed by atoms with Gasteiger partial charge < -0.3 is 9.64 Å².